The van der Waals surface area contributed by atoms with E-state index in [4.69, 9.17) is 9.84 Å². The van der Waals surface area contributed by atoms with E-state index in [1.807, 2.05) is 20.8 Å². The van der Waals surface area contributed by atoms with Crippen molar-refractivity contribution in [3.05, 3.63) is 0 Å². The van der Waals surface area contributed by atoms with Crippen LogP contribution >= 0.6 is 0 Å². The van der Waals surface area contributed by atoms with Gasteiger partial charge in [-0.2, -0.15) is 0 Å². The lowest BCUT2D eigenvalue weighted by atomic mass is 10.0. The van der Waals surface area contributed by atoms with Crippen molar-refractivity contribution in [3.63, 3.8) is 0 Å². The van der Waals surface area contributed by atoms with Gasteiger partial charge in [-0.1, -0.05) is 13.3 Å². The standard InChI is InChI=1S/C13H24N2O4/c1-4-10(7-11(16)17)8-14-12(18)15-5-6-19-9-13(15,2)3/h10H,4-9H2,1-3H3,(H,14,18)(H,16,17). The van der Waals surface area contributed by atoms with Crippen LogP contribution in [0.15, 0.2) is 0 Å². The summed E-state index contributed by atoms with van der Waals surface area (Å²) in [7, 11) is 0. The molecule has 1 rings (SSSR count). The Labute approximate surface area is 114 Å². The molecule has 19 heavy (non-hydrogen) atoms. The smallest absolute Gasteiger partial charge is 0.318 e. The molecule has 0 saturated carbocycles. The zero-order valence-electron chi connectivity index (χ0n) is 11.9. The third kappa shape index (κ3) is 4.70. The highest BCUT2D eigenvalue weighted by atomic mass is 16.5. The molecule has 0 bridgehead atoms. The number of morpholine rings is 1. The lowest BCUT2D eigenvalue weighted by molar-refractivity contribution is -0.138. The van der Waals surface area contributed by atoms with Gasteiger partial charge in [0.15, 0.2) is 0 Å². The van der Waals surface area contributed by atoms with Crippen molar-refractivity contribution in [2.45, 2.75) is 39.2 Å². The number of nitrogens with zero attached hydrogens (tertiary/aromatic N) is 1. The fourth-order valence-electron chi connectivity index (χ4n) is 2.17. The van der Waals surface area contributed by atoms with E-state index in [1.165, 1.54) is 0 Å². The first-order valence-corrected chi connectivity index (χ1v) is 6.72. The zero-order chi connectivity index (χ0) is 14.5. The van der Waals surface area contributed by atoms with Crippen molar-refractivity contribution >= 4 is 12.0 Å². The molecule has 0 aliphatic carbocycles. The summed E-state index contributed by atoms with van der Waals surface area (Å²) in [6, 6.07) is -0.142. The van der Waals surface area contributed by atoms with E-state index in [-0.39, 0.29) is 23.9 Å². The van der Waals surface area contributed by atoms with Gasteiger partial charge in [-0.15, -0.1) is 0 Å². The van der Waals surface area contributed by atoms with Gasteiger partial charge in [-0.05, 0) is 19.8 Å². The first-order valence-electron chi connectivity index (χ1n) is 6.72. The van der Waals surface area contributed by atoms with Crippen molar-refractivity contribution in [2.75, 3.05) is 26.3 Å². The number of carboxylic acids is 1. The highest BCUT2D eigenvalue weighted by Crippen LogP contribution is 2.19. The lowest BCUT2D eigenvalue weighted by Gasteiger charge is -2.42. The largest absolute Gasteiger partial charge is 0.481 e. The van der Waals surface area contributed by atoms with Crippen LogP contribution in [0.1, 0.15) is 33.6 Å². The molecule has 1 heterocycles. The molecule has 110 valence electrons. The Hall–Kier alpha value is -1.30. The van der Waals surface area contributed by atoms with Gasteiger partial charge in [-0.3, -0.25) is 4.79 Å². The van der Waals surface area contributed by atoms with Crippen LogP contribution in [0, 0.1) is 5.92 Å². The van der Waals surface area contributed by atoms with E-state index >= 15 is 0 Å². The molecule has 0 aromatic rings. The van der Waals surface area contributed by atoms with Gasteiger partial charge in [0, 0.05) is 19.5 Å². The Bertz CT molecular complexity index is 331. The summed E-state index contributed by atoms with van der Waals surface area (Å²) in [5.74, 6) is -0.849. The zero-order valence-corrected chi connectivity index (χ0v) is 11.9. The fraction of sp³-hybridized carbons (Fsp3) is 0.846. The number of aliphatic carboxylic acids is 1. The number of ether oxygens (including phenoxy) is 1. The molecule has 6 heteroatoms. The fourth-order valence-corrected chi connectivity index (χ4v) is 2.17. The van der Waals surface area contributed by atoms with Gasteiger partial charge in [0.05, 0.1) is 18.8 Å². The first kappa shape index (κ1) is 15.8. The van der Waals surface area contributed by atoms with Crippen molar-refractivity contribution in [3.8, 4) is 0 Å². The monoisotopic (exact) mass is 272 g/mol. The minimum Gasteiger partial charge on any atom is -0.481 e. The number of carbonyl (C=O) groups excluding carboxylic acids is 1. The highest BCUT2D eigenvalue weighted by Gasteiger charge is 2.34. The van der Waals surface area contributed by atoms with Crippen LogP contribution < -0.4 is 5.32 Å². The Kier molecular flexibility index (Phi) is 5.60. The van der Waals surface area contributed by atoms with Crippen molar-refractivity contribution in [2.24, 2.45) is 5.92 Å². The van der Waals surface area contributed by atoms with Gasteiger partial charge >= 0.3 is 12.0 Å². The molecule has 1 aliphatic heterocycles. The second-order valence-corrected chi connectivity index (χ2v) is 5.57. The predicted molar refractivity (Wildman–Crippen MR) is 71.0 cm³/mol. The van der Waals surface area contributed by atoms with E-state index in [9.17, 15) is 9.59 Å². The lowest BCUT2D eigenvalue weighted by Crippen LogP contribution is -2.58. The van der Waals surface area contributed by atoms with Crippen LogP contribution in [-0.4, -0.2) is 53.8 Å². The van der Waals surface area contributed by atoms with Gasteiger partial charge in [-0.25, -0.2) is 4.79 Å². The summed E-state index contributed by atoms with van der Waals surface area (Å²) in [5, 5.41) is 11.6. The van der Waals surface area contributed by atoms with Gasteiger partial charge in [0.25, 0.3) is 0 Å². The summed E-state index contributed by atoms with van der Waals surface area (Å²) in [6.07, 6.45) is 0.822. The van der Waals surface area contributed by atoms with Gasteiger partial charge < -0.3 is 20.1 Å². The average Bonchev–Trinajstić information content (AvgIpc) is 2.33. The molecule has 2 N–H and O–H groups in total. The molecule has 1 fully saturated rings. The van der Waals surface area contributed by atoms with E-state index in [0.29, 0.717) is 26.3 Å². The summed E-state index contributed by atoms with van der Waals surface area (Å²) in [5.41, 5.74) is -0.323. The molecular formula is C13H24N2O4. The average molecular weight is 272 g/mol. The third-order valence-corrected chi connectivity index (χ3v) is 3.47. The molecular weight excluding hydrogens is 248 g/mol. The number of hydrogen-bond donors (Lipinski definition) is 2. The molecule has 2 amide bonds. The van der Waals surface area contributed by atoms with E-state index in [0.717, 1.165) is 6.42 Å². The number of nitrogens with one attached hydrogen (secondary N) is 1. The Balaban J connectivity index is 2.47. The Morgan fingerprint density at radius 3 is 2.68 bits per heavy atom. The van der Waals surface area contributed by atoms with Crippen molar-refractivity contribution < 1.29 is 19.4 Å². The molecule has 1 unspecified atom stereocenters. The summed E-state index contributed by atoms with van der Waals surface area (Å²) in [4.78, 5) is 24.6. The molecule has 0 aromatic carbocycles. The van der Waals surface area contributed by atoms with Crippen molar-refractivity contribution in [1.29, 1.82) is 0 Å². The highest BCUT2D eigenvalue weighted by molar-refractivity contribution is 5.75. The van der Waals surface area contributed by atoms with Crippen LogP contribution in [0.5, 0.6) is 0 Å². The van der Waals surface area contributed by atoms with Gasteiger partial charge in [0.1, 0.15) is 0 Å². The Morgan fingerprint density at radius 1 is 1.47 bits per heavy atom. The van der Waals surface area contributed by atoms with Crippen molar-refractivity contribution in [1.82, 2.24) is 10.2 Å². The summed E-state index contributed by atoms with van der Waals surface area (Å²) >= 11 is 0. The number of hydrogen-bond acceptors (Lipinski definition) is 3. The van der Waals surface area contributed by atoms with E-state index < -0.39 is 5.97 Å². The molecule has 1 aliphatic rings. The minimum absolute atomic E-state index is 0.0226. The maximum atomic E-state index is 12.1. The quantitative estimate of drug-likeness (QED) is 0.791. The normalized spacial score (nSPS) is 19.8. The van der Waals surface area contributed by atoms with E-state index in [2.05, 4.69) is 5.32 Å². The molecule has 0 aromatic heterocycles. The maximum Gasteiger partial charge on any atom is 0.318 e. The van der Waals surface area contributed by atoms with E-state index in [1.54, 1.807) is 4.90 Å². The molecule has 1 saturated heterocycles. The number of rotatable bonds is 5. The number of carboxylic acid groups (broad SMARTS) is 1. The van der Waals surface area contributed by atoms with Crippen LogP contribution in [0.25, 0.3) is 0 Å². The molecule has 6 nitrogen and oxygen atoms in total. The van der Waals surface area contributed by atoms with Crippen LogP contribution in [0.2, 0.25) is 0 Å². The van der Waals surface area contributed by atoms with Crippen LogP contribution in [0.3, 0.4) is 0 Å². The predicted octanol–water partition coefficient (Wildman–Crippen LogP) is 1.31. The van der Waals surface area contributed by atoms with Crippen LogP contribution in [0.4, 0.5) is 4.79 Å². The third-order valence-electron chi connectivity index (χ3n) is 3.47. The molecule has 0 radical (unpaired) electrons. The first-order chi connectivity index (χ1) is 8.86. The summed E-state index contributed by atoms with van der Waals surface area (Å²) in [6.45, 7) is 7.87. The van der Waals surface area contributed by atoms with Crippen LogP contribution in [-0.2, 0) is 9.53 Å². The second kappa shape index (κ2) is 6.75. The molecule has 1 atom stereocenters. The topological polar surface area (TPSA) is 78.9 Å². The number of amides is 2. The minimum atomic E-state index is -0.826. The SMILES string of the molecule is CCC(CNC(=O)N1CCOCC1(C)C)CC(=O)O. The molecule has 0 spiro atoms. The number of carbonyl (C=O) groups is 2. The van der Waals surface area contributed by atoms with Gasteiger partial charge in [0.2, 0.25) is 0 Å². The number of urea groups is 1. The second-order valence-electron chi connectivity index (χ2n) is 5.57. The summed E-state index contributed by atoms with van der Waals surface area (Å²) < 4.78 is 5.37. The Morgan fingerprint density at radius 2 is 2.16 bits per heavy atom. The maximum absolute atomic E-state index is 12.1.